The van der Waals surface area contributed by atoms with Crippen LogP contribution >= 0.6 is 34.5 Å². The summed E-state index contributed by atoms with van der Waals surface area (Å²) in [4.78, 5) is 109. The highest BCUT2D eigenvalue weighted by Crippen LogP contribution is 2.35. The molecule has 0 saturated carbocycles. The molecule has 0 fully saturated rings. The number of hydrogen-bond donors (Lipinski definition) is 13. The van der Waals surface area contributed by atoms with Crippen LogP contribution in [0.4, 0.5) is 26.3 Å². The van der Waals surface area contributed by atoms with Crippen LogP contribution in [0.15, 0.2) is 337 Å². The standard InChI is InChI=1S/C18H18FNOS.C18H18N2O.C17H15ClN2O.C17H14F2N2O.C17H15FN2O.C16H12ClFN2O.C16H15FN2O2/c1-11(2)14(18-4-3-7-22-18)10-17(21)16-9-12-8-13(19)5-6-15(12)20-16;1-12-8-9-16-15(10-12)11-17(20-16)18(21)19-13(2)14-6-4-3-5-7-14;1-11(12-5-3-2-4-6-12)19-17(21)16-10-13-9-14(18)7-8-15(13)20-16;1-10(11-3-2-4-13(18)7-11)20-17(22)16-9-12-8-14(19)5-6-15(12)21-16;1-11-2-7-15-13(8-11)9-16(20-15)17(21)19-10-12-3-5-14(18)6-4-12;17-12-3-6-14-11(7-12)8-15(20-14)16(21)19-9-10-1-4-13(18)5-2-10;1-9-3-6-15(21-9)10(2)18-16(20)14-8-11-7-12(17)4-5-13(11)19-14/h3-9,11,14,20H,10H2,1-2H3;3-11,13,20H,1-2H3,(H,19,21);2-11,20H,1H3,(H,19,21);2-10,21H,1H3,(H,20,22);2-9,20H,10H2,1H3,(H,19,21);1-8,20H,9H2,(H,19,21);3-8,10,19H,1-2H3,(H,18,20). The van der Waals surface area contributed by atoms with E-state index in [2.05, 4.69) is 92.8 Å². The first-order chi connectivity index (χ1) is 71.6. The van der Waals surface area contributed by atoms with Gasteiger partial charge in [0, 0.05) is 117 Å². The second-order valence-corrected chi connectivity index (χ2v) is 38.2. The molecule has 5 unspecified atom stereocenters. The number of halogens is 8. The minimum absolute atomic E-state index is 0.0214. The van der Waals surface area contributed by atoms with Gasteiger partial charge < -0.3 is 71.2 Å². The largest absolute Gasteiger partial charge is 0.464 e. The summed E-state index contributed by atoms with van der Waals surface area (Å²) in [6.07, 6.45) is 0.466. The SMILES string of the molecule is CC(C)C(CC(=O)c1cc2cc(F)ccc2[nH]1)c1cccs1.CC(NC(=O)c1cc2cc(Cl)ccc2[nH]1)c1ccccc1.CC(NC(=O)c1cc2cc(F)ccc2[nH]1)c1cccc(F)c1.Cc1ccc(C(C)NC(=O)c2cc3cc(F)ccc3[nH]2)o1.Cc1ccc2[nH]c(C(=O)NC(C)c3ccccc3)cc2c1.Cc1ccc2[nH]c(C(=O)NCc3ccc(F)cc3)cc2c1.O=C(NCc1ccc(F)cc1)c1cc2cc(Cl)ccc2[nH]1. The van der Waals surface area contributed by atoms with E-state index in [0.29, 0.717) is 103 Å². The van der Waals surface area contributed by atoms with E-state index in [1.165, 1.54) is 83.2 Å². The molecule has 12 aromatic carbocycles. The zero-order valence-corrected chi connectivity index (χ0v) is 84.9. The van der Waals surface area contributed by atoms with E-state index < -0.39 is 0 Å². The summed E-state index contributed by atoms with van der Waals surface area (Å²) in [5.74, 6) is -0.892. The third-order valence-corrected chi connectivity index (χ3v) is 26.1. The third kappa shape index (κ3) is 29.1. The Labute approximate surface area is 868 Å². The van der Waals surface area contributed by atoms with Crippen LogP contribution in [0.2, 0.25) is 10.0 Å². The second-order valence-electron chi connectivity index (χ2n) is 36.3. The Morgan fingerprint density at radius 1 is 0.302 bits per heavy atom. The summed E-state index contributed by atoms with van der Waals surface area (Å²) in [5, 5.41) is 26.5. The Hall–Kier alpha value is -17.0. The van der Waals surface area contributed by atoms with E-state index in [-0.39, 0.29) is 106 Å². The number of thiophene rings is 1. The molecule has 0 bridgehead atoms. The zero-order chi connectivity index (χ0) is 106. The number of aromatic nitrogens is 7. The van der Waals surface area contributed by atoms with Crippen molar-refractivity contribution in [2.45, 2.75) is 112 Å². The van der Waals surface area contributed by atoms with Gasteiger partial charge in [-0.05, 0) is 300 Å². The minimum atomic E-state index is -0.355. The maximum absolute atomic E-state index is 13.3. The number of carbonyl (C=O) groups excluding carboxylic acids is 7. The number of Topliss-reactive ketones (excluding diaryl/α,β-unsaturated/α-hetero) is 1. The second kappa shape index (κ2) is 49.3. The Bertz CT molecular complexity index is 8010. The number of hydrogen-bond acceptors (Lipinski definition) is 9. The molecule has 21 nitrogen and oxygen atoms in total. The molecule has 0 aliphatic rings. The van der Waals surface area contributed by atoms with Crippen molar-refractivity contribution in [1.82, 2.24) is 66.8 Å². The van der Waals surface area contributed by atoms with E-state index in [1.54, 1.807) is 115 Å². The van der Waals surface area contributed by atoms with Crippen molar-refractivity contribution in [2.75, 3.05) is 0 Å². The van der Waals surface area contributed by atoms with Crippen molar-refractivity contribution in [3.8, 4) is 0 Å². The van der Waals surface area contributed by atoms with Crippen molar-refractivity contribution in [1.29, 1.82) is 0 Å². The lowest BCUT2D eigenvalue weighted by Crippen LogP contribution is -2.26. The maximum Gasteiger partial charge on any atom is 0.268 e. The fraction of sp³-hybridized carbons (Fsp3) is 0.151. The van der Waals surface area contributed by atoms with Gasteiger partial charge in [0.1, 0.15) is 80.6 Å². The van der Waals surface area contributed by atoms with Crippen LogP contribution in [0.25, 0.3) is 76.3 Å². The number of rotatable bonds is 23. The van der Waals surface area contributed by atoms with Crippen molar-refractivity contribution in [3.63, 3.8) is 0 Å². The van der Waals surface area contributed by atoms with Gasteiger partial charge >= 0.3 is 0 Å². The molecule has 0 saturated heterocycles. The maximum atomic E-state index is 13.3. The van der Waals surface area contributed by atoms with Crippen LogP contribution in [0.5, 0.6) is 0 Å². The molecule has 758 valence electrons. The highest BCUT2D eigenvalue weighted by atomic mass is 35.5. The first kappa shape index (κ1) is 106. The topological polar surface area (TPSA) is 315 Å². The molecule has 9 heterocycles. The summed E-state index contributed by atoms with van der Waals surface area (Å²) in [6.45, 7) is 18.5. The molecule has 21 aromatic rings. The lowest BCUT2D eigenvalue weighted by molar-refractivity contribution is 0.0924. The molecule has 6 amide bonds. The van der Waals surface area contributed by atoms with Crippen LogP contribution in [0.1, 0.15) is 207 Å². The molecule has 149 heavy (non-hydrogen) atoms. The van der Waals surface area contributed by atoms with Gasteiger partial charge in [-0.15, -0.1) is 11.3 Å². The van der Waals surface area contributed by atoms with Gasteiger partial charge in [-0.2, -0.15) is 0 Å². The molecular formula is C119H107Cl2F6N13O8S. The molecule has 0 radical (unpaired) electrons. The van der Waals surface area contributed by atoms with E-state index in [0.717, 1.165) is 93.6 Å². The quantitative estimate of drug-likeness (QED) is 0.0215. The van der Waals surface area contributed by atoms with Crippen molar-refractivity contribution >= 4 is 152 Å². The fourth-order valence-electron chi connectivity index (χ4n) is 16.5. The monoisotopic (exact) mass is 2060 g/mol. The van der Waals surface area contributed by atoms with Crippen LogP contribution < -0.4 is 31.9 Å². The molecule has 13 N–H and O–H groups in total. The van der Waals surface area contributed by atoms with Crippen LogP contribution in [0, 0.1) is 61.6 Å². The number of H-pyrrole nitrogens is 7. The van der Waals surface area contributed by atoms with Crippen molar-refractivity contribution < 1.29 is 64.3 Å². The van der Waals surface area contributed by atoms with E-state index in [9.17, 15) is 59.9 Å². The number of ketones is 1. The highest BCUT2D eigenvalue weighted by molar-refractivity contribution is 7.10. The van der Waals surface area contributed by atoms with E-state index in [4.69, 9.17) is 27.6 Å². The lowest BCUT2D eigenvalue weighted by atomic mass is 9.88. The van der Waals surface area contributed by atoms with Crippen LogP contribution in [-0.2, 0) is 13.1 Å². The predicted molar refractivity (Wildman–Crippen MR) is 580 cm³/mol. The van der Waals surface area contributed by atoms with Gasteiger partial charge in [-0.25, -0.2) is 26.3 Å². The first-order valence-electron chi connectivity index (χ1n) is 48.0. The Morgan fingerprint density at radius 3 is 0.987 bits per heavy atom. The van der Waals surface area contributed by atoms with Gasteiger partial charge in [0.25, 0.3) is 35.4 Å². The molecular weight excluding hydrogens is 1960 g/mol. The van der Waals surface area contributed by atoms with Gasteiger partial charge in [-0.3, -0.25) is 33.6 Å². The first-order valence-corrected chi connectivity index (χ1v) is 49.6. The molecule has 0 spiro atoms. The average molecular weight is 2060 g/mol. The van der Waals surface area contributed by atoms with Gasteiger partial charge in [0.05, 0.1) is 29.9 Å². The van der Waals surface area contributed by atoms with E-state index >= 15 is 0 Å². The highest BCUT2D eigenvalue weighted by Gasteiger charge is 2.25. The smallest absolute Gasteiger partial charge is 0.268 e. The minimum Gasteiger partial charge on any atom is -0.464 e. The molecule has 21 rings (SSSR count). The number of aryl methyl sites for hydroxylation is 3. The molecule has 5 atom stereocenters. The number of nitrogens with one attached hydrogen (secondary N) is 13. The number of carbonyl (C=O) groups is 7. The number of fused-ring (bicyclic) bond motifs is 7. The number of furan rings is 1. The summed E-state index contributed by atoms with van der Waals surface area (Å²) >= 11 is 13.6. The summed E-state index contributed by atoms with van der Waals surface area (Å²) in [5.41, 5.74) is 16.2. The lowest BCUT2D eigenvalue weighted by Gasteiger charge is -2.18. The van der Waals surface area contributed by atoms with Crippen molar-refractivity contribution in [2.24, 2.45) is 5.92 Å². The Balaban J connectivity index is 0.000000130. The molecule has 0 aliphatic carbocycles. The Morgan fingerprint density at radius 2 is 0.624 bits per heavy atom. The molecule has 9 aromatic heterocycles. The number of aromatic amines is 7. The summed E-state index contributed by atoms with van der Waals surface area (Å²) in [6, 6.07) is 93.5. The predicted octanol–water partition coefficient (Wildman–Crippen LogP) is 28.7. The van der Waals surface area contributed by atoms with Crippen LogP contribution in [0.3, 0.4) is 0 Å². The number of benzene rings is 12. The zero-order valence-electron chi connectivity index (χ0n) is 82.5. The van der Waals surface area contributed by atoms with Crippen molar-refractivity contribution in [3.05, 3.63) is 473 Å². The Kier molecular flexibility index (Phi) is 35.2. The van der Waals surface area contributed by atoms with Gasteiger partial charge in [0.2, 0.25) is 0 Å². The van der Waals surface area contributed by atoms with Crippen LogP contribution in [-0.4, -0.2) is 76.1 Å². The van der Waals surface area contributed by atoms with E-state index in [1.807, 2.05) is 193 Å². The third-order valence-electron chi connectivity index (χ3n) is 24.6. The normalized spacial score (nSPS) is 12.0. The van der Waals surface area contributed by atoms with Gasteiger partial charge in [0.15, 0.2) is 5.78 Å². The molecule has 0 aliphatic heterocycles. The molecule has 30 heteroatoms. The fourth-order valence-corrected chi connectivity index (χ4v) is 17.9. The summed E-state index contributed by atoms with van der Waals surface area (Å²) < 4.78 is 83.9. The summed E-state index contributed by atoms with van der Waals surface area (Å²) in [7, 11) is 0. The number of amides is 6. The van der Waals surface area contributed by atoms with Gasteiger partial charge in [-0.1, -0.05) is 163 Å². The average Bonchev–Trinajstić information content (AvgIpc) is 1.75.